The van der Waals surface area contributed by atoms with E-state index in [1.54, 1.807) is 11.0 Å². The zero-order valence-electron chi connectivity index (χ0n) is 14.3. The molecule has 136 valence electrons. The number of hydrogen-bond acceptors (Lipinski definition) is 4. The van der Waals surface area contributed by atoms with Crippen molar-refractivity contribution in [2.24, 2.45) is 0 Å². The number of thiocarbonyl (C=S) groups is 1. The normalized spacial score (nSPS) is 15.8. The van der Waals surface area contributed by atoms with Crippen LogP contribution in [-0.4, -0.2) is 35.7 Å². The van der Waals surface area contributed by atoms with Gasteiger partial charge in [0.1, 0.15) is 17.2 Å². The topological polar surface area (TPSA) is 54.7 Å². The van der Waals surface area contributed by atoms with Crippen LogP contribution in [0.5, 0.6) is 0 Å². The molecule has 0 aliphatic carbocycles. The lowest BCUT2D eigenvalue weighted by Gasteiger charge is -2.13. The molecule has 1 aliphatic rings. The van der Waals surface area contributed by atoms with Gasteiger partial charge in [0, 0.05) is 35.9 Å². The molecule has 1 aromatic heterocycles. The van der Waals surface area contributed by atoms with Crippen LogP contribution in [0.4, 0.5) is 0 Å². The van der Waals surface area contributed by atoms with Gasteiger partial charge in [-0.15, -0.1) is 0 Å². The van der Waals surface area contributed by atoms with Crippen molar-refractivity contribution in [1.82, 2.24) is 10.2 Å². The Morgan fingerprint density at radius 2 is 2.04 bits per heavy atom. The van der Waals surface area contributed by atoms with E-state index in [2.05, 4.69) is 21.2 Å². The molecule has 1 saturated heterocycles. The molecular weight excluding hydrogens is 416 g/mol. The molecule has 2 aromatic rings. The van der Waals surface area contributed by atoms with E-state index in [1.165, 1.54) is 0 Å². The highest BCUT2D eigenvalue weighted by atomic mass is 79.9. The van der Waals surface area contributed by atoms with E-state index >= 15 is 0 Å². The lowest BCUT2D eigenvalue weighted by molar-refractivity contribution is -0.122. The number of nitrogens with one attached hydrogen (secondary N) is 1. The zero-order chi connectivity index (χ0) is 18.5. The molecule has 5 nitrogen and oxygen atoms in total. The molecule has 1 aliphatic heterocycles. The number of carbonyl (C=O) groups excluding carboxylic acids is 1. The zero-order valence-corrected chi connectivity index (χ0v) is 16.7. The summed E-state index contributed by atoms with van der Waals surface area (Å²) in [5.41, 5.74) is 1.39. The second-order valence-electron chi connectivity index (χ2n) is 5.70. The van der Waals surface area contributed by atoms with Gasteiger partial charge in [-0.25, -0.2) is 0 Å². The highest BCUT2D eigenvalue weighted by Gasteiger charge is 2.30. The minimum absolute atomic E-state index is 0.145. The van der Waals surface area contributed by atoms with Crippen molar-refractivity contribution in [3.05, 3.63) is 52.3 Å². The molecule has 1 N–H and O–H groups in total. The van der Waals surface area contributed by atoms with E-state index in [0.717, 1.165) is 22.2 Å². The third-order valence-corrected chi connectivity index (χ3v) is 4.73. The molecule has 1 amide bonds. The molecule has 2 heterocycles. The van der Waals surface area contributed by atoms with Crippen LogP contribution in [0.25, 0.3) is 17.4 Å². The second-order valence-corrected chi connectivity index (χ2v) is 7.01. The van der Waals surface area contributed by atoms with Gasteiger partial charge in [-0.3, -0.25) is 9.69 Å². The summed E-state index contributed by atoms with van der Waals surface area (Å²) < 4.78 is 12.2. The summed E-state index contributed by atoms with van der Waals surface area (Å²) in [6.45, 7) is 3.75. The Labute approximate surface area is 166 Å². The Morgan fingerprint density at radius 1 is 1.27 bits per heavy atom. The molecule has 7 heteroatoms. The Hall–Kier alpha value is -1.96. The summed E-state index contributed by atoms with van der Waals surface area (Å²) in [6.07, 6.45) is 2.42. The lowest BCUT2D eigenvalue weighted by Crippen LogP contribution is -2.32. The van der Waals surface area contributed by atoms with E-state index in [0.29, 0.717) is 36.3 Å². The van der Waals surface area contributed by atoms with E-state index in [-0.39, 0.29) is 5.91 Å². The SMILES string of the molecule is CCOCCCN1C(=O)/C(=C\c2ccc(-c3ccc(Br)cc3)o2)NC1=S. The monoisotopic (exact) mass is 434 g/mol. The van der Waals surface area contributed by atoms with Crippen molar-refractivity contribution in [3.8, 4) is 11.3 Å². The first-order valence-electron chi connectivity index (χ1n) is 8.36. The van der Waals surface area contributed by atoms with E-state index in [9.17, 15) is 4.79 Å². The number of hydrogen-bond donors (Lipinski definition) is 1. The highest BCUT2D eigenvalue weighted by Crippen LogP contribution is 2.25. The summed E-state index contributed by atoms with van der Waals surface area (Å²) >= 11 is 8.68. The highest BCUT2D eigenvalue weighted by molar-refractivity contribution is 9.10. The summed E-state index contributed by atoms with van der Waals surface area (Å²) in [4.78, 5) is 14.1. The van der Waals surface area contributed by atoms with Gasteiger partial charge in [-0.05, 0) is 49.8 Å². The molecule has 1 aromatic carbocycles. The average Bonchev–Trinajstić information content (AvgIpc) is 3.19. The Morgan fingerprint density at radius 3 is 2.77 bits per heavy atom. The first kappa shape index (κ1) is 18.8. The van der Waals surface area contributed by atoms with Crippen LogP contribution < -0.4 is 5.32 Å². The number of benzene rings is 1. The third kappa shape index (κ3) is 4.41. The van der Waals surface area contributed by atoms with Crippen LogP contribution in [0.3, 0.4) is 0 Å². The molecule has 26 heavy (non-hydrogen) atoms. The van der Waals surface area contributed by atoms with Gasteiger partial charge >= 0.3 is 0 Å². The standard InChI is InChI=1S/C19H19BrN2O3S/c1-2-24-11-3-10-22-18(23)16(21-19(22)26)12-15-8-9-17(25-15)13-4-6-14(20)7-5-13/h4-9,12H,2-3,10-11H2,1H3,(H,21,26)/b16-12+. The maximum Gasteiger partial charge on any atom is 0.276 e. The minimum atomic E-state index is -0.145. The summed E-state index contributed by atoms with van der Waals surface area (Å²) in [6, 6.07) is 11.6. The van der Waals surface area contributed by atoms with Gasteiger partial charge in [0.2, 0.25) is 0 Å². The molecule has 3 rings (SSSR count). The summed E-state index contributed by atoms with van der Waals surface area (Å²) in [5.74, 6) is 1.19. The fourth-order valence-electron chi connectivity index (χ4n) is 2.59. The van der Waals surface area contributed by atoms with Gasteiger partial charge in [0.25, 0.3) is 5.91 Å². The number of nitrogens with zero attached hydrogens (tertiary/aromatic N) is 1. The first-order valence-corrected chi connectivity index (χ1v) is 9.56. The molecule has 0 atom stereocenters. The number of carbonyl (C=O) groups is 1. The number of furan rings is 1. The Bertz CT molecular complexity index is 830. The first-order chi connectivity index (χ1) is 12.6. The van der Waals surface area contributed by atoms with Crippen LogP contribution in [-0.2, 0) is 9.53 Å². The number of ether oxygens (including phenoxy) is 1. The fraction of sp³-hybridized carbons (Fsp3) is 0.263. The number of amides is 1. The average molecular weight is 435 g/mol. The number of halogens is 1. The van der Waals surface area contributed by atoms with Gasteiger partial charge < -0.3 is 14.5 Å². The molecule has 1 fully saturated rings. The van der Waals surface area contributed by atoms with Gasteiger partial charge in [-0.2, -0.15) is 0 Å². The summed E-state index contributed by atoms with van der Waals surface area (Å²) in [5, 5.41) is 3.38. The summed E-state index contributed by atoms with van der Waals surface area (Å²) in [7, 11) is 0. The molecule has 0 unspecified atom stereocenters. The van der Waals surface area contributed by atoms with Crippen molar-refractivity contribution < 1.29 is 13.9 Å². The van der Waals surface area contributed by atoms with E-state index in [1.807, 2.05) is 43.3 Å². The van der Waals surface area contributed by atoms with E-state index in [4.69, 9.17) is 21.4 Å². The maximum absolute atomic E-state index is 12.5. The van der Waals surface area contributed by atoms with Gasteiger partial charge in [0.15, 0.2) is 5.11 Å². The van der Waals surface area contributed by atoms with Gasteiger partial charge in [0.05, 0.1) is 0 Å². The van der Waals surface area contributed by atoms with Crippen molar-refractivity contribution in [2.45, 2.75) is 13.3 Å². The maximum atomic E-state index is 12.5. The van der Waals surface area contributed by atoms with Crippen LogP contribution >= 0.6 is 28.1 Å². The quantitative estimate of drug-likeness (QED) is 0.402. The van der Waals surface area contributed by atoms with Crippen LogP contribution in [0.1, 0.15) is 19.1 Å². The van der Waals surface area contributed by atoms with Crippen LogP contribution in [0.2, 0.25) is 0 Å². The van der Waals surface area contributed by atoms with Crippen LogP contribution in [0.15, 0.2) is 51.0 Å². The lowest BCUT2D eigenvalue weighted by atomic mass is 10.2. The Balaban J connectivity index is 1.69. The minimum Gasteiger partial charge on any atom is -0.457 e. The molecule has 0 radical (unpaired) electrons. The Kier molecular flexibility index (Phi) is 6.24. The predicted molar refractivity (Wildman–Crippen MR) is 108 cm³/mol. The molecule has 0 spiro atoms. The molecule has 0 bridgehead atoms. The third-order valence-electron chi connectivity index (χ3n) is 3.88. The van der Waals surface area contributed by atoms with E-state index < -0.39 is 0 Å². The van der Waals surface area contributed by atoms with Crippen molar-refractivity contribution >= 4 is 45.2 Å². The number of rotatable bonds is 7. The van der Waals surface area contributed by atoms with Crippen molar-refractivity contribution in [1.29, 1.82) is 0 Å². The largest absolute Gasteiger partial charge is 0.457 e. The second kappa shape index (κ2) is 8.62. The molecular formula is C19H19BrN2O3S. The van der Waals surface area contributed by atoms with Crippen LogP contribution in [0, 0.1) is 0 Å². The van der Waals surface area contributed by atoms with Crippen molar-refractivity contribution in [2.75, 3.05) is 19.8 Å². The molecule has 0 saturated carbocycles. The predicted octanol–water partition coefficient (Wildman–Crippen LogP) is 4.19. The van der Waals surface area contributed by atoms with Gasteiger partial charge in [-0.1, -0.05) is 28.1 Å². The van der Waals surface area contributed by atoms with Crippen molar-refractivity contribution in [3.63, 3.8) is 0 Å². The fourth-order valence-corrected chi connectivity index (χ4v) is 3.13. The smallest absolute Gasteiger partial charge is 0.276 e.